The van der Waals surface area contributed by atoms with E-state index in [9.17, 15) is 4.79 Å². The second-order valence-electron chi connectivity index (χ2n) is 5.53. The van der Waals surface area contributed by atoms with Gasteiger partial charge in [0.25, 0.3) is 5.91 Å². The van der Waals surface area contributed by atoms with Gasteiger partial charge in [-0.3, -0.25) is 4.79 Å². The van der Waals surface area contributed by atoms with Crippen LogP contribution >= 0.6 is 11.8 Å². The largest absolute Gasteiger partial charge is 0.338 e. The molecule has 1 heterocycles. The van der Waals surface area contributed by atoms with E-state index in [-0.39, 0.29) is 5.91 Å². The lowest BCUT2D eigenvalue weighted by Crippen LogP contribution is -2.13. The van der Waals surface area contributed by atoms with Gasteiger partial charge in [-0.1, -0.05) is 36.3 Å². The maximum absolute atomic E-state index is 12.7. The lowest BCUT2D eigenvalue weighted by Gasteiger charge is -2.10. The molecular weight excluding hydrogens is 334 g/mol. The molecule has 0 atom stereocenters. The van der Waals surface area contributed by atoms with Crippen molar-refractivity contribution in [3.63, 3.8) is 0 Å². The number of hydrogen-bond donors (Lipinski definition) is 1. The van der Waals surface area contributed by atoms with Crippen LogP contribution < -0.4 is 5.32 Å². The number of aryl methyl sites for hydroxylation is 2. The predicted molar refractivity (Wildman–Crippen MR) is 98.8 cm³/mol. The van der Waals surface area contributed by atoms with Gasteiger partial charge >= 0.3 is 0 Å². The van der Waals surface area contributed by atoms with E-state index in [1.807, 2.05) is 48.5 Å². The molecule has 128 valence electrons. The lowest BCUT2D eigenvalue weighted by atomic mass is 10.1. The molecule has 0 saturated carbocycles. The molecule has 1 aromatic heterocycles. The SMILES string of the molecule is CCc1cccc(NC(=O)c2ccccc2SCc2nc(C)no2)c1. The van der Waals surface area contributed by atoms with Crippen molar-refractivity contribution in [2.45, 2.75) is 30.9 Å². The van der Waals surface area contributed by atoms with Gasteiger partial charge in [0, 0.05) is 10.6 Å². The highest BCUT2D eigenvalue weighted by molar-refractivity contribution is 7.98. The van der Waals surface area contributed by atoms with Gasteiger partial charge in [0.05, 0.1) is 11.3 Å². The second-order valence-corrected chi connectivity index (χ2v) is 6.55. The number of benzene rings is 2. The summed E-state index contributed by atoms with van der Waals surface area (Å²) >= 11 is 1.50. The highest BCUT2D eigenvalue weighted by Crippen LogP contribution is 2.26. The highest BCUT2D eigenvalue weighted by atomic mass is 32.2. The molecule has 3 rings (SSSR count). The minimum atomic E-state index is -0.127. The average Bonchev–Trinajstić information content (AvgIpc) is 3.05. The van der Waals surface area contributed by atoms with E-state index in [2.05, 4.69) is 22.4 Å². The van der Waals surface area contributed by atoms with Crippen molar-refractivity contribution in [3.8, 4) is 0 Å². The van der Waals surface area contributed by atoms with Crippen LogP contribution in [-0.4, -0.2) is 16.0 Å². The summed E-state index contributed by atoms with van der Waals surface area (Å²) in [5.41, 5.74) is 2.62. The molecule has 1 N–H and O–H groups in total. The summed E-state index contributed by atoms with van der Waals surface area (Å²) in [6.45, 7) is 3.87. The Balaban J connectivity index is 1.73. The molecular formula is C19H19N3O2S. The number of thioether (sulfide) groups is 1. The summed E-state index contributed by atoms with van der Waals surface area (Å²) in [6.07, 6.45) is 0.930. The molecule has 0 aliphatic rings. The second kappa shape index (κ2) is 7.98. The summed E-state index contributed by atoms with van der Waals surface area (Å²) in [5.74, 6) is 1.56. The van der Waals surface area contributed by atoms with Crippen molar-refractivity contribution < 1.29 is 9.32 Å². The van der Waals surface area contributed by atoms with Crippen molar-refractivity contribution in [2.24, 2.45) is 0 Å². The van der Waals surface area contributed by atoms with Gasteiger partial charge in [0.1, 0.15) is 0 Å². The quantitative estimate of drug-likeness (QED) is 0.662. The van der Waals surface area contributed by atoms with Crippen LogP contribution in [0.4, 0.5) is 5.69 Å². The molecule has 0 aliphatic carbocycles. The van der Waals surface area contributed by atoms with Crippen LogP contribution in [0.15, 0.2) is 57.9 Å². The highest BCUT2D eigenvalue weighted by Gasteiger charge is 2.13. The van der Waals surface area contributed by atoms with Crippen LogP contribution in [0.25, 0.3) is 0 Å². The normalized spacial score (nSPS) is 10.6. The Hall–Kier alpha value is -2.60. The van der Waals surface area contributed by atoms with E-state index < -0.39 is 0 Å². The standard InChI is InChI=1S/C19H19N3O2S/c1-3-14-7-6-8-15(11-14)21-19(23)16-9-4-5-10-17(16)25-12-18-20-13(2)22-24-18/h4-11H,3,12H2,1-2H3,(H,21,23). The molecule has 1 amide bonds. The predicted octanol–water partition coefficient (Wildman–Crippen LogP) is 4.49. The van der Waals surface area contributed by atoms with Gasteiger partial charge in [-0.15, -0.1) is 11.8 Å². The van der Waals surface area contributed by atoms with E-state index in [1.54, 1.807) is 6.92 Å². The molecule has 0 bridgehead atoms. The van der Waals surface area contributed by atoms with Crippen molar-refractivity contribution >= 4 is 23.4 Å². The van der Waals surface area contributed by atoms with E-state index in [4.69, 9.17) is 4.52 Å². The molecule has 0 fully saturated rings. The van der Waals surface area contributed by atoms with Crippen LogP contribution in [0.3, 0.4) is 0 Å². The van der Waals surface area contributed by atoms with Crippen molar-refractivity contribution in [1.29, 1.82) is 0 Å². The maximum atomic E-state index is 12.7. The van der Waals surface area contributed by atoms with Gasteiger partial charge in [-0.05, 0) is 43.2 Å². The Morgan fingerprint density at radius 1 is 1.20 bits per heavy atom. The Kier molecular flexibility index (Phi) is 5.50. The molecule has 2 aromatic carbocycles. The minimum Gasteiger partial charge on any atom is -0.338 e. The summed E-state index contributed by atoms with van der Waals surface area (Å²) < 4.78 is 5.13. The van der Waals surface area contributed by atoms with Gasteiger partial charge in [0.2, 0.25) is 5.89 Å². The molecule has 0 radical (unpaired) electrons. The van der Waals surface area contributed by atoms with E-state index in [0.29, 0.717) is 23.0 Å². The third-order valence-electron chi connectivity index (χ3n) is 3.65. The molecule has 0 spiro atoms. The summed E-state index contributed by atoms with van der Waals surface area (Å²) in [5, 5.41) is 6.75. The number of carbonyl (C=O) groups is 1. The number of carbonyl (C=O) groups excluding carboxylic acids is 1. The molecule has 6 heteroatoms. The maximum Gasteiger partial charge on any atom is 0.256 e. The third-order valence-corrected chi connectivity index (χ3v) is 4.70. The van der Waals surface area contributed by atoms with Crippen molar-refractivity contribution in [2.75, 3.05) is 5.32 Å². The molecule has 25 heavy (non-hydrogen) atoms. The first kappa shape index (κ1) is 17.2. The van der Waals surface area contributed by atoms with Crippen LogP contribution in [-0.2, 0) is 12.2 Å². The summed E-state index contributed by atoms with van der Waals surface area (Å²) in [4.78, 5) is 17.7. The number of nitrogens with zero attached hydrogens (tertiary/aromatic N) is 2. The minimum absolute atomic E-state index is 0.127. The van der Waals surface area contributed by atoms with Crippen LogP contribution in [0.2, 0.25) is 0 Å². The number of hydrogen-bond acceptors (Lipinski definition) is 5. The number of amides is 1. The molecule has 0 unspecified atom stereocenters. The van der Waals surface area contributed by atoms with Gasteiger partial charge in [-0.2, -0.15) is 4.98 Å². The first-order chi connectivity index (χ1) is 12.2. The zero-order chi connectivity index (χ0) is 17.6. The summed E-state index contributed by atoms with van der Waals surface area (Å²) in [6, 6.07) is 15.4. The van der Waals surface area contributed by atoms with Gasteiger partial charge < -0.3 is 9.84 Å². The van der Waals surface area contributed by atoms with E-state index in [1.165, 1.54) is 17.3 Å². The zero-order valence-corrected chi connectivity index (χ0v) is 15.0. The first-order valence-electron chi connectivity index (χ1n) is 8.07. The third kappa shape index (κ3) is 4.48. The fourth-order valence-corrected chi connectivity index (χ4v) is 3.27. The van der Waals surface area contributed by atoms with E-state index >= 15 is 0 Å². The molecule has 0 saturated heterocycles. The smallest absolute Gasteiger partial charge is 0.256 e. The first-order valence-corrected chi connectivity index (χ1v) is 9.05. The number of nitrogens with one attached hydrogen (secondary N) is 1. The number of anilines is 1. The Morgan fingerprint density at radius 2 is 2.04 bits per heavy atom. The molecule has 5 nitrogen and oxygen atoms in total. The van der Waals surface area contributed by atoms with Crippen molar-refractivity contribution in [3.05, 3.63) is 71.4 Å². The van der Waals surface area contributed by atoms with Crippen molar-refractivity contribution in [1.82, 2.24) is 10.1 Å². The lowest BCUT2D eigenvalue weighted by molar-refractivity contribution is 0.102. The Labute approximate surface area is 150 Å². The number of aromatic nitrogens is 2. The van der Waals surface area contributed by atoms with Gasteiger partial charge in [0.15, 0.2) is 5.82 Å². The zero-order valence-electron chi connectivity index (χ0n) is 14.2. The fraction of sp³-hybridized carbons (Fsp3) is 0.211. The van der Waals surface area contributed by atoms with Gasteiger partial charge in [-0.25, -0.2) is 0 Å². The Morgan fingerprint density at radius 3 is 2.80 bits per heavy atom. The summed E-state index contributed by atoms with van der Waals surface area (Å²) in [7, 11) is 0. The molecule has 3 aromatic rings. The van der Waals surface area contributed by atoms with Crippen LogP contribution in [0.1, 0.15) is 34.6 Å². The van der Waals surface area contributed by atoms with Crippen LogP contribution in [0.5, 0.6) is 0 Å². The number of rotatable bonds is 6. The van der Waals surface area contributed by atoms with Crippen LogP contribution in [0, 0.1) is 6.92 Å². The topological polar surface area (TPSA) is 68.0 Å². The fourth-order valence-electron chi connectivity index (χ4n) is 2.39. The Bertz CT molecular complexity index is 876. The molecule has 0 aliphatic heterocycles. The van der Waals surface area contributed by atoms with E-state index in [0.717, 1.165) is 17.0 Å². The average molecular weight is 353 g/mol. The monoisotopic (exact) mass is 353 g/mol.